The molecule has 8 heteroatoms. The molecule has 1 atom stereocenters. The number of nitrogens with two attached hydrogens (primary N) is 1. The van der Waals surface area contributed by atoms with Crippen LogP contribution in [-0.2, 0) is 0 Å². The Labute approximate surface area is 202 Å². The van der Waals surface area contributed by atoms with Crippen LogP contribution in [0.25, 0.3) is 22.0 Å². The fourth-order valence-corrected chi connectivity index (χ4v) is 4.42. The van der Waals surface area contributed by atoms with E-state index >= 15 is 0 Å². The molecule has 0 aliphatic heterocycles. The van der Waals surface area contributed by atoms with Gasteiger partial charge in [0.15, 0.2) is 0 Å². The number of amidine groups is 1. The number of ether oxygens (including phenoxy) is 1. The van der Waals surface area contributed by atoms with Crippen LogP contribution >= 0.6 is 0 Å². The number of aromatic nitrogens is 1. The number of carboxylic acid groups (broad SMARTS) is 1. The first-order valence-electron chi connectivity index (χ1n) is 11.0. The predicted molar refractivity (Wildman–Crippen MR) is 136 cm³/mol. The van der Waals surface area contributed by atoms with Gasteiger partial charge in [0.05, 0.1) is 18.2 Å². The molecule has 1 aromatic heterocycles. The minimum Gasteiger partial charge on any atom is -0.496 e. The number of H-pyrrole nitrogens is 1. The number of hydrogen-bond donors (Lipinski definition) is 5. The smallest absolute Gasteiger partial charge is 0.336 e. The number of rotatable bonds is 7. The quantitative estimate of drug-likeness (QED) is 0.202. The Bertz CT molecular complexity index is 1470. The first-order valence-corrected chi connectivity index (χ1v) is 11.0. The summed E-state index contributed by atoms with van der Waals surface area (Å²) in [5.74, 6) is -1.42. The van der Waals surface area contributed by atoms with Gasteiger partial charge in [0.2, 0.25) is 0 Å². The number of carboxylic acids is 1. The topological polar surface area (TPSA) is 141 Å². The molecule has 0 radical (unpaired) electrons. The summed E-state index contributed by atoms with van der Waals surface area (Å²) >= 11 is 0. The van der Waals surface area contributed by atoms with Crippen LogP contribution in [0.5, 0.6) is 5.75 Å². The average molecular weight is 471 g/mol. The third kappa shape index (κ3) is 4.21. The number of carbonyl (C=O) groups is 2. The fourth-order valence-electron chi connectivity index (χ4n) is 4.42. The number of nitrogens with one attached hydrogen (secondary N) is 3. The number of carbonyl (C=O) groups excluding carboxylic acids is 1. The Morgan fingerprint density at radius 1 is 1.06 bits per heavy atom. The summed E-state index contributed by atoms with van der Waals surface area (Å²) in [6, 6.07) is 16.1. The molecule has 0 aliphatic rings. The van der Waals surface area contributed by atoms with E-state index in [1.54, 1.807) is 6.07 Å². The summed E-state index contributed by atoms with van der Waals surface area (Å²) in [6.45, 7) is 2.05. The zero-order chi connectivity index (χ0) is 25.3. The number of hydrogen-bond acceptors (Lipinski definition) is 4. The van der Waals surface area contributed by atoms with Crippen molar-refractivity contribution < 1.29 is 19.4 Å². The summed E-state index contributed by atoms with van der Waals surface area (Å²) in [5, 5.41) is 21.2. The van der Waals surface area contributed by atoms with Gasteiger partial charge in [-0.1, -0.05) is 43.3 Å². The van der Waals surface area contributed by atoms with Gasteiger partial charge in [-0.2, -0.15) is 0 Å². The van der Waals surface area contributed by atoms with Crippen molar-refractivity contribution >= 4 is 28.6 Å². The second kappa shape index (κ2) is 9.34. The molecule has 178 valence electrons. The van der Waals surface area contributed by atoms with E-state index < -0.39 is 5.97 Å². The molecule has 4 aromatic rings. The van der Waals surface area contributed by atoms with Gasteiger partial charge in [-0.25, -0.2) is 4.79 Å². The lowest BCUT2D eigenvalue weighted by Crippen LogP contribution is -2.19. The number of nitrogen functional groups attached to an aromatic ring is 1. The van der Waals surface area contributed by atoms with Crippen molar-refractivity contribution in [3.63, 3.8) is 0 Å². The number of aromatic carboxylic acids is 1. The van der Waals surface area contributed by atoms with Gasteiger partial charge in [0.1, 0.15) is 11.6 Å². The van der Waals surface area contributed by atoms with Gasteiger partial charge in [-0.3, -0.25) is 10.2 Å². The first kappa shape index (κ1) is 23.6. The molecular weight excluding hydrogens is 444 g/mol. The van der Waals surface area contributed by atoms with Gasteiger partial charge < -0.3 is 25.9 Å². The van der Waals surface area contributed by atoms with Crippen molar-refractivity contribution in [1.82, 2.24) is 10.3 Å². The van der Waals surface area contributed by atoms with Gasteiger partial charge in [-0.15, -0.1) is 0 Å². The monoisotopic (exact) mass is 470 g/mol. The molecule has 0 aliphatic carbocycles. The van der Waals surface area contributed by atoms with Gasteiger partial charge in [-0.05, 0) is 40.5 Å². The van der Waals surface area contributed by atoms with E-state index in [9.17, 15) is 14.7 Å². The van der Waals surface area contributed by atoms with Gasteiger partial charge in [0.25, 0.3) is 5.91 Å². The fraction of sp³-hybridized carbons (Fsp3) is 0.148. The molecule has 6 N–H and O–H groups in total. The van der Waals surface area contributed by atoms with Crippen LogP contribution in [0.15, 0.2) is 60.8 Å². The summed E-state index contributed by atoms with van der Waals surface area (Å²) in [5.41, 5.74) is 10.5. The number of methoxy groups -OCH3 is 1. The molecule has 0 spiro atoms. The van der Waals surface area contributed by atoms with Gasteiger partial charge >= 0.3 is 5.97 Å². The maximum atomic E-state index is 12.5. The number of amides is 1. The van der Waals surface area contributed by atoms with Crippen LogP contribution in [0.2, 0.25) is 0 Å². The summed E-state index contributed by atoms with van der Waals surface area (Å²) in [6.07, 6.45) is 1.91. The van der Waals surface area contributed by atoms with Crippen LogP contribution in [-0.4, -0.2) is 42.0 Å². The van der Waals surface area contributed by atoms with Crippen LogP contribution in [0.1, 0.15) is 50.2 Å². The summed E-state index contributed by atoms with van der Waals surface area (Å²) in [4.78, 5) is 28.0. The first-order chi connectivity index (χ1) is 16.8. The third-order valence-electron chi connectivity index (χ3n) is 6.25. The summed E-state index contributed by atoms with van der Waals surface area (Å²) in [7, 11) is 2.91. The Morgan fingerprint density at radius 2 is 1.80 bits per heavy atom. The largest absolute Gasteiger partial charge is 0.496 e. The highest BCUT2D eigenvalue weighted by molar-refractivity contribution is 6.04. The van der Waals surface area contributed by atoms with E-state index in [0.717, 1.165) is 22.0 Å². The Kier molecular flexibility index (Phi) is 6.29. The standard InChI is InChI=1S/C27H26N4O4/c1-14(22-13-31-23-10-15(25(28)29)8-9-18(22)23)16-6-4-5-7-17(16)19-11-21(26(32)30-2)24(35-3)12-20(19)27(33)34/h4-14,31H,1-3H3,(H3,28,29)(H,30,32)(H,33,34). The molecule has 4 rings (SSSR count). The maximum absolute atomic E-state index is 12.5. The third-order valence-corrected chi connectivity index (χ3v) is 6.25. The molecule has 35 heavy (non-hydrogen) atoms. The highest BCUT2D eigenvalue weighted by Gasteiger charge is 2.24. The second-order valence-corrected chi connectivity index (χ2v) is 8.21. The lowest BCUT2D eigenvalue weighted by atomic mass is 9.85. The number of aromatic amines is 1. The van der Waals surface area contributed by atoms with E-state index in [-0.39, 0.29) is 34.5 Å². The highest BCUT2D eigenvalue weighted by atomic mass is 16.5. The molecule has 1 heterocycles. The molecule has 0 saturated heterocycles. The minimum atomic E-state index is -1.12. The molecule has 3 aromatic carbocycles. The van der Waals surface area contributed by atoms with Crippen molar-refractivity contribution in [2.45, 2.75) is 12.8 Å². The van der Waals surface area contributed by atoms with E-state index in [4.69, 9.17) is 15.9 Å². The zero-order valence-electron chi connectivity index (χ0n) is 19.6. The SMILES string of the molecule is CNC(=O)c1cc(-c2ccccc2C(C)c2c[nH]c3cc(C(=N)N)ccc23)c(C(=O)O)cc1OC. The van der Waals surface area contributed by atoms with E-state index in [1.165, 1.54) is 20.2 Å². The number of fused-ring (bicyclic) bond motifs is 1. The van der Waals surface area contributed by atoms with Crippen LogP contribution in [0, 0.1) is 5.41 Å². The normalized spacial score (nSPS) is 11.7. The molecule has 0 fully saturated rings. The lowest BCUT2D eigenvalue weighted by molar-refractivity contribution is 0.0696. The van der Waals surface area contributed by atoms with E-state index in [0.29, 0.717) is 16.7 Å². The molecular formula is C27H26N4O4. The number of benzene rings is 3. The molecule has 0 bridgehead atoms. The minimum absolute atomic E-state index is 0.00549. The average Bonchev–Trinajstić information content (AvgIpc) is 3.30. The molecule has 1 unspecified atom stereocenters. The summed E-state index contributed by atoms with van der Waals surface area (Å²) < 4.78 is 5.31. The molecule has 1 amide bonds. The predicted octanol–water partition coefficient (Wildman–Crippen LogP) is 4.34. The van der Waals surface area contributed by atoms with Crippen molar-refractivity contribution in [3.05, 3.63) is 88.6 Å². The Hall–Kier alpha value is -4.59. The maximum Gasteiger partial charge on any atom is 0.336 e. The van der Waals surface area contributed by atoms with Gasteiger partial charge in [0, 0.05) is 35.6 Å². The van der Waals surface area contributed by atoms with Crippen molar-refractivity contribution in [1.29, 1.82) is 5.41 Å². The van der Waals surface area contributed by atoms with Crippen molar-refractivity contribution in [2.75, 3.05) is 14.2 Å². The van der Waals surface area contributed by atoms with E-state index in [2.05, 4.69) is 10.3 Å². The lowest BCUT2D eigenvalue weighted by Gasteiger charge is -2.19. The Balaban J connectivity index is 1.90. The Morgan fingerprint density at radius 3 is 2.46 bits per heavy atom. The van der Waals surface area contributed by atoms with Crippen LogP contribution in [0.3, 0.4) is 0 Å². The van der Waals surface area contributed by atoms with Crippen LogP contribution in [0.4, 0.5) is 0 Å². The molecule has 0 saturated carbocycles. The van der Waals surface area contributed by atoms with Crippen molar-refractivity contribution in [2.24, 2.45) is 5.73 Å². The highest BCUT2D eigenvalue weighted by Crippen LogP contribution is 2.39. The van der Waals surface area contributed by atoms with Crippen LogP contribution < -0.4 is 15.8 Å². The second-order valence-electron chi connectivity index (χ2n) is 8.21. The van der Waals surface area contributed by atoms with E-state index in [1.807, 2.05) is 55.6 Å². The van der Waals surface area contributed by atoms with Crippen molar-refractivity contribution in [3.8, 4) is 16.9 Å². The zero-order valence-corrected chi connectivity index (χ0v) is 19.6. The molecule has 8 nitrogen and oxygen atoms in total.